The van der Waals surface area contributed by atoms with E-state index in [0.717, 1.165) is 17.1 Å². The van der Waals surface area contributed by atoms with Gasteiger partial charge in [0.1, 0.15) is 16.9 Å². The highest BCUT2D eigenvalue weighted by Gasteiger charge is 2.30. The molecule has 0 aliphatic carbocycles. The Hall–Kier alpha value is -2.21. The smallest absolute Gasteiger partial charge is 0.323 e. The van der Waals surface area contributed by atoms with Crippen LogP contribution in [0.15, 0.2) is 48.5 Å². The van der Waals surface area contributed by atoms with Crippen LogP contribution in [0.4, 0.5) is 14.9 Å². The monoisotopic (exact) mass is 332 g/mol. The molecule has 2 amide bonds. The van der Waals surface area contributed by atoms with Crippen molar-refractivity contribution >= 4 is 23.5 Å². The van der Waals surface area contributed by atoms with Crippen molar-refractivity contribution in [1.82, 2.24) is 4.90 Å². The zero-order valence-corrected chi connectivity index (χ0v) is 13.5. The van der Waals surface area contributed by atoms with Gasteiger partial charge in [-0.3, -0.25) is 0 Å². The van der Waals surface area contributed by atoms with Crippen molar-refractivity contribution in [3.05, 3.63) is 59.9 Å². The summed E-state index contributed by atoms with van der Waals surface area (Å²) in [5.74, 6) is 1.33. The Labute approximate surface area is 138 Å². The van der Waals surface area contributed by atoms with Crippen molar-refractivity contribution in [2.75, 3.05) is 24.7 Å². The van der Waals surface area contributed by atoms with Gasteiger partial charge in [0.25, 0.3) is 0 Å². The van der Waals surface area contributed by atoms with Gasteiger partial charge in [-0.2, -0.15) is 0 Å². The topological polar surface area (TPSA) is 41.6 Å². The van der Waals surface area contributed by atoms with Crippen LogP contribution in [0.2, 0.25) is 0 Å². The van der Waals surface area contributed by atoms with Crippen molar-refractivity contribution in [3.63, 3.8) is 0 Å². The van der Waals surface area contributed by atoms with Crippen molar-refractivity contribution in [1.29, 1.82) is 0 Å². The van der Waals surface area contributed by atoms with E-state index >= 15 is 0 Å². The molecular weight excluding hydrogens is 315 g/mol. The lowest BCUT2D eigenvalue weighted by atomic mass is 10.2. The number of urea groups is 1. The number of nitrogens with zero attached hydrogens (tertiary/aromatic N) is 1. The van der Waals surface area contributed by atoms with Gasteiger partial charge < -0.3 is 15.0 Å². The van der Waals surface area contributed by atoms with E-state index in [0.29, 0.717) is 12.2 Å². The zero-order chi connectivity index (χ0) is 16.2. The molecule has 0 bridgehead atoms. The Balaban J connectivity index is 1.71. The summed E-state index contributed by atoms with van der Waals surface area (Å²) >= 11 is 1.68. The molecule has 2 aromatic rings. The zero-order valence-electron chi connectivity index (χ0n) is 12.7. The molecule has 1 heterocycles. The lowest BCUT2D eigenvalue weighted by Gasteiger charge is -2.24. The third kappa shape index (κ3) is 3.59. The lowest BCUT2D eigenvalue weighted by molar-refractivity contribution is 0.214. The number of ether oxygens (including phenoxy) is 1. The molecule has 0 spiro atoms. The molecular formula is C17H17FN2O2S. The van der Waals surface area contributed by atoms with Crippen LogP contribution in [0.25, 0.3) is 0 Å². The molecule has 3 rings (SSSR count). The number of rotatable bonds is 3. The maximum absolute atomic E-state index is 13.1. The largest absolute Gasteiger partial charge is 0.497 e. The summed E-state index contributed by atoms with van der Waals surface area (Å²) in [5, 5.41) is 2.80. The number of anilines is 1. The maximum Gasteiger partial charge on any atom is 0.323 e. The van der Waals surface area contributed by atoms with Gasteiger partial charge in [-0.05, 0) is 42.0 Å². The van der Waals surface area contributed by atoms with Gasteiger partial charge in [-0.1, -0.05) is 12.1 Å². The minimum absolute atomic E-state index is 0.0890. The molecule has 0 aromatic heterocycles. The van der Waals surface area contributed by atoms with E-state index < -0.39 is 0 Å². The van der Waals surface area contributed by atoms with Crippen LogP contribution < -0.4 is 10.1 Å². The number of benzene rings is 2. The van der Waals surface area contributed by atoms with Gasteiger partial charge in [0.05, 0.1) is 7.11 Å². The molecule has 1 atom stereocenters. The fourth-order valence-corrected chi connectivity index (χ4v) is 3.71. The fourth-order valence-electron chi connectivity index (χ4n) is 2.45. The number of amides is 2. The second-order valence-corrected chi connectivity index (χ2v) is 6.31. The van der Waals surface area contributed by atoms with Crippen LogP contribution in [0.5, 0.6) is 5.75 Å². The third-order valence-corrected chi connectivity index (χ3v) is 4.91. The Morgan fingerprint density at radius 2 is 1.91 bits per heavy atom. The van der Waals surface area contributed by atoms with Crippen LogP contribution in [0.1, 0.15) is 10.9 Å². The minimum Gasteiger partial charge on any atom is -0.497 e. The highest BCUT2D eigenvalue weighted by molar-refractivity contribution is 7.99. The summed E-state index contributed by atoms with van der Waals surface area (Å²) in [7, 11) is 1.60. The van der Waals surface area contributed by atoms with Crippen LogP contribution in [0, 0.1) is 5.82 Å². The summed E-state index contributed by atoms with van der Waals surface area (Å²) in [5.41, 5.74) is 1.64. The standard InChI is InChI=1S/C17H17FN2O2S/c1-22-15-8-6-14(7-9-15)19-17(21)20-10-11-23-16(20)12-2-4-13(18)5-3-12/h2-9,16H,10-11H2,1H3,(H,19,21)/t16-/m0/s1. The minimum atomic E-state index is -0.272. The number of carbonyl (C=O) groups is 1. The molecule has 1 aliphatic rings. The van der Waals surface area contributed by atoms with E-state index in [1.807, 2.05) is 0 Å². The molecule has 120 valence electrons. The van der Waals surface area contributed by atoms with Crippen molar-refractivity contribution in [3.8, 4) is 5.75 Å². The Morgan fingerprint density at radius 1 is 1.22 bits per heavy atom. The average molecular weight is 332 g/mol. The molecule has 2 aromatic carbocycles. The molecule has 1 saturated heterocycles. The fraction of sp³-hybridized carbons (Fsp3) is 0.235. The number of thioether (sulfide) groups is 1. The number of nitrogens with one attached hydrogen (secondary N) is 1. The third-order valence-electron chi connectivity index (χ3n) is 3.65. The summed E-state index contributed by atoms with van der Waals surface area (Å²) < 4.78 is 18.2. The number of carbonyl (C=O) groups excluding carboxylic acids is 1. The Morgan fingerprint density at radius 3 is 2.57 bits per heavy atom. The Kier molecular flexibility index (Phi) is 4.71. The van der Waals surface area contributed by atoms with Gasteiger partial charge >= 0.3 is 6.03 Å². The van der Waals surface area contributed by atoms with Crippen LogP contribution in [0.3, 0.4) is 0 Å². The Bertz CT molecular complexity index is 676. The van der Waals surface area contributed by atoms with Gasteiger partial charge in [-0.25, -0.2) is 9.18 Å². The second-order valence-electron chi connectivity index (χ2n) is 5.13. The molecule has 1 N–H and O–H groups in total. The quantitative estimate of drug-likeness (QED) is 0.919. The van der Waals surface area contributed by atoms with Crippen molar-refractivity contribution in [2.45, 2.75) is 5.37 Å². The predicted octanol–water partition coefficient (Wildman–Crippen LogP) is 4.11. The van der Waals surface area contributed by atoms with Gasteiger partial charge in [0.15, 0.2) is 0 Å². The predicted molar refractivity (Wildman–Crippen MR) is 90.3 cm³/mol. The number of halogens is 1. The molecule has 1 aliphatic heterocycles. The van der Waals surface area contributed by atoms with E-state index in [9.17, 15) is 9.18 Å². The maximum atomic E-state index is 13.1. The van der Waals surface area contributed by atoms with Gasteiger partial charge in [0, 0.05) is 18.0 Å². The first-order valence-corrected chi connectivity index (χ1v) is 8.31. The van der Waals surface area contributed by atoms with Gasteiger partial charge in [0.2, 0.25) is 0 Å². The molecule has 4 nitrogen and oxygen atoms in total. The molecule has 0 radical (unpaired) electrons. The van der Waals surface area contributed by atoms with Crippen LogP contribution in [-0.2, 0) is 0 Å². The highest BCUT2D eigenvalue weighted by Crippen LogP contribution is 2.38. The van der Waals surface area contributed by atoms with E-state index in [-0.39, 0.29) is 17.2 Å². The lowest BCUT2D eigenvalue weighted by Crippen LogP contribution is -2.34. The number of hydrogen-bond donors (Lipinski definition) is 1. The first-order valence-electron chi connectivity index (χ1n) is 7.26. The number of hydrogen-bond acceptors (Lipinski definition) is 3. The van der Waals surface area contributed by atoms with Crippen molar-refractivity contribution in [2.24, 2.45) is 0 Å². The SMILES string of the molecule is COc1ccc(NC(=O)N2CCS[C@H]2c2ccc(F)cc2)cc1. The van der Waals surface area contributed by atoms with E-state index in [1.165, 1.54) is 12.1 Å². The number of methoxy groups -OCH3 is 1. The van der Waals surface area contributed by atoms with E-state index in [4.69, 9.17) is 4.74 Å². The normalized spacial score (nSPS) is 17.1. The van der Waals surface area contributed by atoms with Gasteiger partial charge in [-0.15, -0.1) is 11.8 Å². The first kappa shape index (κ1) is 15.7. The molecule has 23 heavy (non-hydrogen) atoms. The van der Waals surface area contributed by atoms with Crippen LogP contribution in [-0.4, -0.2) is 30.3 Å². The summed E-state index contributed by atoms with van der Waals surface area (Å²) in [6.45, 7) is 0.661. The first-order chi connectivity index (χ1) is 11.2. The van der Waals surface area contributed by atoms with Crippen molar-refractivity contribution < 1.29 is 13.9 Å². The molecule has 0 unspecified atom stereocenters. The second kappa shape index (κ2) is 6.91. The molecule has 1 fully saturated rings. The molecule has 0 saturated carbocycles. The average Bonchev–Trinajstić information content (AvgIpc) is 3.06. The molecule has 6 heteroatoms. The summed E-state index contributed by atoms with van der Waals surface area (Å²) in [6.07, 6.45) is 0. The van der Waals surface area contributed by atoms with E-state index in [2.05, 4.69) is 5.32 Å². The summed E-state index contributed by atoms with van der Waals surface area (Å²) in [6, 6.07) is 13.3. The van der Waals surface area contributed by atoms with Crippen LogP contribution >= 0.6 is 11.8 Å². The highest BCUT2D eigenvalue weighted by atomic mass is 32.2. The van der Waals surface area contributed by atoms with E-state index in [1.54, 1.807) is 60.2 Å². The summed E-state index contributed by atoms with van der Waals surface area (Å²) in [4.78, 5) is 14.3.